The summed E-state index contributed by atoms with van der Waals surface area (Å²) in [5.41, 5.74) is 4.25. The van der Waals surface area contributed by atoms with Gasteiger partial charge in [-0.1, -0.05) is 17.2 Å². The fourth-order valence-corrected chi connectivity index (χ4v) is 2.61. The molecule has 20 heavy (non-hydrogen) atoms. The molecule has 5 heteroatoms. The van der Waals surface area contributed by atoms with Crippen LogP contribution in [0.25, 0.3) is 11.4 Å². The van der Waals surface area contributed by atoms with Crippen molar-refractivity contribution in [1.29, 1.82) is 0 Å². The number of hydrogen-bond acceptors (Lipinski definition) is 4. The van der Waals surface area contributed by atoms with Gasteiger partial charge in [0.05, 0.1) is 16.8 Å². The lowest BCUT2D eigenvalue weighted by molar-refractivity contribution is 0.181. The number of rotatable bonds is 4. The van der Waals surface area contributed by atoms with Gasteiger partial charge >= 0.3 is 0 Å². The molecule has 1 heterocycles. The standard InChI is InChI=1S/C15H18BrN3O/c1-9-5-10(2)7-11(6-9)14-18-12(8-20-4)13(16)15(17-3)19-14/h5-7H,8H2,1-4H3,(H,17,18,19). The smallest absolute Gasteiger partial charge is 0.161 e. The highest BCUT2D eigenvalue weighted by Gasteiger charge is 2.13. The maximum atomic E-state index is 5.20. The van der Waals surface area contributed by atoms with Crippen LogP contribution in [-0.2, 0) is 11.3 Å². The first-order valence-electron chi connectivity index (χ1n) is 6.37. The molecule has 106 valence electrons. The van der Waals surface area contributed by atoms with Crippen molar-refractivity contribution < 1.29 is 4.74 Å². The van der Waals surface area contributed by atoms with Crippen LogP contribution in [0.1, 0.15) is 16.8 Å². The van der Waals surface area contributed by atoms with Crippen LogP contribution in [0.2, 0.25) is 0 Å². The molecule has 0 bridgehead atoms. The maximum absolute atomic E-state index is 5.20. The lowest BCUT2D eigenvalue weighted by atomic mass is 10.1. The number of benzene rings is 1. The quantitative estimate of drug-likeness (QED) is 0.925. The Balaban J connectivity index is 2.58. The molecule has 2 rings (SSSR count). The van der Waals surface area contributed by atoms with E-state index in [1.54, 1.807) is 7.11 Å². The number of methoxy groups -OCH3 is 1. The Bertz CT molecular complexity index is 609. The van der Waals surface area contributed by atoms with Gasteiger partial charge in [0.15, 0.2) is 5.82 Å². The first-order valence-corrected chi connectivity index (χ1v) is 7.16. The van der Waals surface area contributed by atoms with E-state index in [0.29, 0.717) is 12.4 Å². The number of nitrogens with zero attached hydrogens (tertiary/aromatic N) is 2. The van der Waals surface area contributed by atoms with Gasteiger partial charge in [0.25, 0.3) is 0 Å². The molecule has 0 saturated heterocycles. The maximum Gasteiger partial charge on any atom is 0.161 e. The number of nitrogens with one attached hydrogen (secondary N) is 1. The molecule has 0 saturated carbocycles. The molecule has 0 radical (unpaired) electrons. The van der Waals surface area contributed by atoms with E-state index < -0.39 is 0 Å². The summed E-state index contributed by atoms with van der Waals surface area (Å²) >= 11 is 3.51. The molecule has 0 spiro atoms. The van der Waals surface area contributed by atoms with E-state index in [-0.39, 0.29) is 0 Å². The van der Waals surface area contributed by atoms with Crippen LogP contribution in [0.4, 0.5) is 5.82 Å². The van der Waals surface area contributed by atoms with Gasteiger partial charge in [0, 0.05) is 19.7 Å². The highest BCUT2D eigenvalue weighted by molar-refractivity contribution is 9.10. The van der Waals surface area contributed by atoms with E-state index >= 15 is 0 Å². The van der Waals surface area contributed by atoms with E-state index in [1.165, 1.54) is 11.1 Å². The largest absolute Gasteiger partial charge is 0.378 e. The van der Waals surface area contributed by atoms with Crippen molar-refractivity contribution in [3.8, 4) is 11.4 Å². The van der Waals surface area contributed by atoms with Crippen LogP contribution in [-0.4, -0.2) is 24.1 Å². The summed E-state index contributed by atoms with van der Waals surface area (Å²) in [6, 6.07) is 6.32. The fraction of sp³-hybridized carbons (Fsp3) is 0.333. The SMILES string of the molecule is CNc1nc(-c2cc(C)cc(C)c2)nc(COC)c1Br. The van der Waals surface area contributed by atoms with E-state index in [4.69, 9.17) is 4.74 Å². The predicted molar refractivity (Wildman–Crippen MR) is 84.9 cm³/mol. The Kier molecular flexibility index (Phi) is 4.73. The van der Waals surface area contributed by atoms with Crippen LogP contribution in [0.3, 0.4) is 0 Å². The van der Waals surface area contributed by atoms with E-state index in [1.807, 2.05) is 7.05 Å². The van der Waals surface area contributed by atoms with Crippen molar-refractivity contribution in [2.75, 3.05) is 19.5 Å². The van der Waals surface area contributed by atoms with Crippen molar-refractivity contribution in [2.24, 2.45) is 0 Å². The fourth-order valence-electron chi connectivity index (χ4n) is 2.12. The number of ether oxygens (including phenoxy) is 1. The number of aromatic nitrogens is 2. The summed E-state index contributed by atoms with van der Waals surface area (Å²) in [6.45, 7) is 4.59. The first kappa shape index (κ1) is 14.9. The van der Waals surface area contributed by atoms with Crippen molar-refractivity contribution in [1.82, 2.24) is 9.97 Å². The van der Waals surface area contributed by atoms with Gasteiger partial charge in [-0.3, -0.25) is 0 Å². The Hall–Kier alpha value is -1.46. The molecule has 0 aliphatic rings. The average molecular weight is 336 g/mol. The van der Waals surface area contributed by atoms with Gasteiger partial charge in [-0.15, -0.1) is 0 Å². The van der Waals surface area contributed by atoms with Crippen LogP contribution < -0.4 is 5.32 Å². The molecule has 2 aromatic rings. The van der Waals surface area contributed by atoms with Gasteiger partial charge in [0.1, 0.15) is 5.82 Å². The van der Waals surface area contributed by atoms with Crippen LogP contribution in [0.15, 0.2) is 22.7 Å². The summed E-state index contributed by atoms with van der Waals surface area (Å²) in [5, 5.41) is 3.08. The van der Waals surface area contributed by atoms with Crippen molar-refractivity contribution in [2.45, 2.75) is 20.5 Å². The molecule has 0 amide bonds. The Labute approximate surface area is 127 Å². The van der Waals surface area contributed by atoms with Crippen molar-refractivity contribution >= 4 is 21.7 Å². The van der Waals surface area contributed by atoms with Gasteiger partial charge in [0.2, 0.25) is 0 Å². The zero-order valence-electron chi connectivity index (χ0n) is 12.1. The molecule has 1 aromatic carbocycles. The van der Waals surface area contributed by atoms with Gasteiger partial charge in [-0.25, -0.2) is 9.97 Å². The van der Waals surface area contributed by atoms with Gasteiger partial charge in [-0.2, -0.15) is 0 Å². The Morgan fingerprint density at radius 3 is 2.35 bits per heavy atom. The minimum Gasteiger partial charge on any atom is -0.378 e. The average Bonchev–Trinajstić information content (AvgIpc) is 2.40. The zero-order valence-corrected chi connectivity index (χ0v) is 13.7. The number of halogens is 1. The molecule has 0 aliphatic heterocycles. The molecular weight excluding hydrogens is 318 g/mol. The lowest BCUT2D eigenvalue weighted by Crippen LogP contribution is -2.04. The normalized spacial score (nSPS) is 10.7. The topological polar surface area (TPSA) is 47.0 Å². The summed E-state index contributed by atoms with van der Waals surface area (Å²) in [5.74, 6) is 1.47. The van der Waals surface area contributed by atoms with E-state index in [2.05, 4.69) is 63.3 Å². The van der Waals surface area contributed by atoms with Crippen molar-refractivity contribution in [3.63, 3.8) is 0 Å². The zero-order chi connectivity index (χ0) is 14.7. The van der Waals surface area contributed by atoms with E-state index in [9.17, 15) is 0 Å². The molecule has 4 nitrogen and oxygen atoms in total. The minimum atomic E-state index is 0.440. The van der Waals surface area contributed by atoms with Gasteiger partial charge in [-0.05, 0) is 41.9 Å². The van der Waals surface area contributed by atoms with Gasteiger partial charge < -0.3 is 10.1 Å². The highest BCUT2D eigenvalue weighted by Crippen LogP contribution is 2.28. The summed E-state index contributed by atoms with van der Waals surface area (Å²) in [7, 11) is 3.50. The van der Waals surface area contributed by atoms with E-state index in [0.717, 1.165) is 21.5 Å². The molecule has 1 N–H and O–H groups in total. The summed E-state index contributed by atoms with van der Waals surface area (Å²) in [4.78, 5) is 9.16. The first-order chi connectivity index (χ1) is 9.55. The number of anilines is 1. The lowest BCUT2D eigenvalue weighted by Gasteiger charge is -2.11. The summed E-state index contributed by atoms with van der Waals surface area (Å²) in [6.07, 6.45) is 0. The third kappa shape index (κ3) is 3.16. The molecule has 0 aliphatic carbocycles. The predicted octanol–water partition coefficient (Wildman–Crippen LogP) is 3.71. The third-order valence-corrected chi connectivity index (χ3v) is 3.75. The van der Waals surface area contributed by atoms with Crippen molar-refractivity contribution in [3.05, 3.63) is 39.5 Å². The minimum absolute atomic E-state index is 0.440. The summed E-state index contributed by atoms with van der Waals surface area (Å²) < 4.78 is 6.04. The monoisotopic (exact) mass is 335 g/mol. The number of aryl methyl sites for hydroxylation is 2. The second kappa shape index (κ2) is 6.33. The van der Waals surface area contributed by atoms with Crippen LogP contribution >= 0.6 is 15.9 Å². The molecule has 0 fully saturated rings. The van der Waals surface area contributed by atoms with Crippen LogP contribution in [0.5, 0.6) is 0 Å². The number of hydrogen-bond donors (Lipinski definition) is 1. The molecular formula is C15H18BrN3O. The third-order valence-electron chi connectivity index (χ3n) is 2.92. The second-order valence-corrected chi connectivity index (χ2v) is 5.51. The highest BCUT2D eigenvalue weighted by atomic mass is 79.9. The second-order valence-electron chi connectivity index (χ2n) is 4.72. The Morgan fingerprint density at radius 2 is 1.80 bits per heavy atom. The Morgan fingerprint density at radius 1 is 1.15 bits per heavy atom. The molecule has 0 atom stereocenters. The van der Waals surface area contributed by atoms with Crippen LogP contribution in [0, 0.1) is 13.8 Å². The molecule has 1 aromatic heterocycles. The molecule has 0 unspecified atom stereocenters.